The number of carbonyl (C=O) groups is 1. The molecule has 26 heavy (non-hydrogen) atoms. The molecule has 0 aliphatic rings. The van der Waals surface area contributed by atoms with Crippen LogP contribution in [0, 0.1) is 17.0 Å². The molecular formula is C18H18N2O6. The van der Waals surface area contributed by atoms with Gasteiger partial charge in [-0.3, -0.25) is 15.1 Å². The van der Waals surface area contributed by atoms with Crippen molar-refractivity contribution in [1.82, 2.24) is 0 Å². The molecule has 2 aromatic carbocycles. The predicted molar refractivity (Wildman–Crippen MR) is 95.8 cm³/mol. The molecule has 8 heteroatoms. The van der Waals surface area contributed by atoms with E-state index in [4.69, 9.17) is 14.6 Å². The third-order valence-corrected chi connectivity index (χ3v) is 3.59. The number of hydrogen-bond acceptors (Lipinski definition) is 6. The van der Waals surface area contributed by atoms with E-state index in [1.165, 1.54) is 26.3 Å². The van der Waals surface area contributed by atoms with Crippen molar-refractivity contribution < 1.29 is 24.3 Å². The lowest BCUT2D eigenvalue weighted by Crippen LogP contribution is -2.23. The third kappa shape index (κ3) is 4.56. The zero-order valence-corrected chi connectivity index (χ0v) is 14.5. The second-order valence-electron chi connectivity index (χ2n) is 5.49. The van der Waals surface area contributed by atoms with Crippen LogP contribution in [0.25, 0.3) is 0 Å². The second-order valence-corrected chi connectivity index (χ2v) is 5.49. The van der Waals surface area contributed by atoms with Gasteiger partial charge in [-0.2, -0.15) is 0 Å². The molecule has 0 bridgehead atoms. The number of ether oxygens (including phenoxy) is 2. The largest absolute Gasteiger partial charge is 0.493 e. The number of aliphatic imine (C=N–C) groups is 1. The van der Waals surface area contributed by atoms with Crippen LogP contribution in [-0.4, -0.2) is 35.4 Å². The topological polar surface area (TPSA) is 111 Å². The van der Waals surface area contributed by atoms with Crippen molar-refractivity contribution in [3.63, 3.8) is 0 Å². The van der Waals surface area contributed by atoms with Crippen molar-refractivity contribution in [3.05, 3.63) is 57.6 Å². The molecule has 0 radical (unpaired) electrons. The zero-order valence-electron chi connectivity index (χ0n) is 14.5. The highest BCUT2D eigenvalue weighted by Gasteiger charge is 2.15. The molecular weight excluding hydrogens is 340 g/mol. The first-order chi connectivity index (χ1) is 12.3. The summed E-state index contributed by atoms with van der Waals surface area (Å²) in [5.41, 5.74) is 1.68. The second kappa shape index (κ2) is 8.11. The predicted octanol–water partition coefficient (Wildman–Crippen LogP) is 3.51. The smallest absolute Gasteiger partial charge is 0.344 e. The molecule has 2 aromatic rings. The average molecular weight is 358 g/mol. The van der Waals surface area contributed by atoms with Crippen molar-refractivity contribution in [2.24, 2.45) is 4.99 Å². The van der Waals surface area contributed by atoms with Gasteiger partial charge < -0.3 is 14.6 Å². The fraction of sp³-hybridized carbons (Fsp3) is 0.222. The van der Waals surface area contributed by atoms with Crippen LogP contribution >= 0.6 is 0 Å². The van der Waals surface area contributed by atoms with Gasteiger partial charge in [0.25, 0.3) is 5.69 Å². The average Bonchev–Trinajstić information content (AvgIpc) is 2.61. The van der Waals surface area contributed by atoms with E-state index in [0.29, 0.717) is 28.3 Å². The Kier molecular flexibility index (Phi) is 5.90. The summed E-state index contributed by atoms with van der Waals surface area (Å²) in [5, 5.41) is 19.9. The van der Waals surface area contributed by atoms with Gasteiger partial charge in [0.05, 0.1) is 17.7 Å². The summed E-state index contributed by atoms with van der Waals surface area (Å²) in [4.78, 5) is 25.7. The standard InChI is InChI=1S/C18H18N2O6/c1-11-4-6-14(9-15(11)20(23)24)19-10-13-5-7-16(17(8-13)25-3)26-12(2)18(21)22/h4-10,12H,1-3H3,(H,21,22)/t12-/m1/s1. The van der Waals surface area contributed by atoms with E-state index >= 15 is 0 Å². The molecule has 1 atom stereocenters. The fourth-order valence-corrected chi connectivity index (χ4v) is 2.13. The van der Waals surface area contributed by atoms with Gasteiger partial charge in [0, 0.05) is 17.8 Å². The van der Waals surface area contributed by atoms with Gasteiger partial charge in [-0.15, -0.1) is 0 Å². The van der Waals surface area contributed by atoms with E-state index in [9.17, 15) is 14.9 Å². The summed E-state index contributed by atoms with van der Waals surface area (Å²) in [7, 11) is 1.44. The Hall–Kier alpha value is -3.42. The summed E-state index contributed by atoms with van der Waals surface area (Å²) in [6.07, 6.45) is 0.512. The number of aryl methyl sites for hydroxylation is 1. The Bertz CT molecular complexity index is 863. The Morgan fingerprint density at radius 3 is 2.62 bits per heavy atom. The maximum absolute atomic E-state index is 11.0. The minimum Gasteiger partial charge on any atom is -0.493 e. The van der Waals surface area contributed by atoms with Crippen molar-refractivity contribution in [3.8, 4) is 11.5 Å². The van der Waals surface area contributed by atoms with Gasteiger partial charge in [0.15, 0.2) is 17.6 Å². The zero-order chi connectivity index (χ0) is 19.3. The van der Waals surface area contributed by atoms with Gasteiger partial charge in [-0.05, 0) is 43.7 Å². The fourth-order valence-electron chi connectivity index (χ4n) is 2.13. The summed E-state index contributed by atoms with van der Waals surface area (Å²) in [6, 6.07) is 9.61. The maximum atomic E-state index is 11.0. The lowest BCUT2D eigenvalue weighted by molar-refractivity contribution is -0.385. The van der Waals surface area contributed by atoms with Crippen LogP contribution in [0.4, 0.5) is 11.4 Å². The lowest BCUT2D eigenvalue weighted by atomic mass is 10.2. The van der Waals surface area contributed by atoms with Crippen LogP contribution in [0.2, 0.25) is 0 Å². The highest BCUT2D eigenvalue weighted by Crippen LogP contribution is 2.29. The number of methoxy groups -OCH3 is 1. The Morgan fingerprint density at radius 1 is 1.27 bits per heavy atom. The molecule has 0 unspecified atom stereocenters. The molecule has 136 valence electrons. The number of hydrogen-bond donors (Lipinski definition) is 1. The molecule has 0 heterocycles. The highest BCUT2D eigenvalue weighted by molar-refractivity contribution is 5.83. The van der Waals surface area contributed by atoms with Crippen LogP contribution < -0.4 is 9.47 Å². The van der Waals surface area contributed by atoms with Crippen LogP contribution in [0.1, 0.15) is 18.1 Å². The molecule has 1 N–H and O–H groups in total. The number of carboxylic acids is 1. The Balaban J connectivity index is 2.24. The molecule has 0 amide bonds. The Morgan fingerprint density at radius 2 is 2.00 bits per heavy atom. The van der Waals surface area contributed by atoms with E-state index in [0.717, 1.165) is 0 Å². The molecule has 0 saturated carbocycles. The van der Waals surface area contributed by atoms with Gasteiger partial charge >= 0.3 is 5.97 Å². The maximum Gasteiger partial charge on any atom is 0.344 e. The molecule has 0 aliphatic carbocycles. The van der Waals surface area contributed by atoms with Crippen LogP contribution in [0.3, 0.4) is 0 Å². The highest BCUT2D eigenvalue weighted by atomic mass is 16.6. The number of rotatable bonds is 7. The van der Waals surface area contributed by atoms with Crippen LogP contribution in [-0.2, 0) is 4.79 Å². The van der Waals surface area contributed by atoms with Crippen molar-refractivity contribution in [2.75, 3.05) is 7.11 Å². The van der Waals surface area contributed by atoms with Crippen molar-refractivity contribution >= 4 is 23.6 Å². The first-order valence-corrected chi connectivity index (χ1v) is 7.68. The molecule has 8 nitrogen and oxygen atoms in total. The normalized spacial score (nSPS) is 12.0. The number of nitrogens with zero attached hydrogens (tertiary/aromatic N) is 2. The minimum atomic E-state index is -1.08. The van der Waals surface area contributed by atoms with Gasteiger partial charge in [-0.25, -0.2) is 4.79 Å². The molecule has 0 fully saturated rings. The summed E-state index contributed by atoms with van der Waals surface area (Å²) in [6.45, 7) is 3.08. The summed E-state index contributed by atoms with van der Waals surface area (Å²) < 4.78 is 10.5. The van der Waals surface area contributed by atoms with Crippen molar-refractivity contribution in [2.45, 2.75) is 20.0 Å². The first kappa shape index (κ1) is 18.9. The summed E-state index contributed by atoms with van der Waals surface area (Å²) in [5.74, 6) is -0.430. The van der Waals surface area contributed by atoms with E-state index in [1.807, 2.05) is 0 Å². The van der Waals surface area contributed by atoms with Crippen molar-refractivity contribution in [1.29, 1.82) is 0 Å². The number of nitro groups is 1. The number of carboxylic acid groups (broad SMARTS) is 1. The lowest BCUT2D eigenvalue weighted by Gasteiger charge is -2.14. The number of aliphatic carboxylic acids is 1. The molecule has 0 aromatic heterocycles. The van der Waals surface area contributed by atoms with Gasteiger partial charge in [0.2, 0.25) is 0 Å². The quantitative estimate of drug-likeness (QED) is 0.460. The van der Waals surface area contributed by atoms with Crippen LogP contribution in [0.5, 0.6) is 11.5 Å². The number of nitro benzene ring substituents is 1. The SMILES string of the molecule is COc1cc(C=Nc2ccc(C)c([N+](=O)[O-])c2)ccc1O[C@H](C)C(=O)O. The van der Waals surface area contributed by atoms with E-state index < -0.39 is 17.0 Å². The van der Waals surface area contributed by atoms with E-state index in [2.05, 4.69) is 4.99 Å². The molecule has 0 saturated heterocycles. The van der Waals surface area contributed by atoms with Gasteiger partial charge in [0.1, 0.15) is 0 Å². The minimum absolute atomic E-state index is 0.00337. The molecule has 0 spiro atoms. The molecule has 2 rings (SSSR count). The number of benzene rings is 2. The van der Waals surface area contributed by atoms with Gasteiger partial charge in [-0.1, -0.05) is 6.07 Å². The Labute approximate surface area is 149 Å². The molecule has 0 aliphatic heterocycles. The van der Waals surface area contributed by atoms with E-state index in [-0.39, 0.29) is 5.69 Å². The summed E-state index contributed by atoms with van der Waals surface area (Å²) >= 11 is 0. The first-order valence-electron chi connectivity index (χ1n) is 7.68. The monoisotopic (exact) mass is 358 g/mol. The third-order valence-electron chi connectivity index (χ3n) is 3.59. The van der Waals surface area contributed by atoms with E-state index in [1.54, 1.807) is 37.3 Å². The van der Waals surface area contributed by atoms with Crippen LogP contribution in [0.15, 0.2) is 41.4 Å².